The molecule has 0 bridgehead atoms. The molecule has 0 saturated carbocycles. The van der Waals surface area contributed by atoms with Gasteiger partial charge in [-0.3, -0.25) is 4.79 Å². The van der Waals surface area contributed by atoms with Gasteiger partial charge in [0, 0.05) is 10.9 Å². The summed E-state index contributed by atoms with van der Waals surface area (Å²) in [6.07, 6.45) is 0.819. The molecular formula is C18H17BrClNO4. The Labute approximate surface area is 159 Å². The third-order valence-electron chi connectivity index (χ3n) is 3.27. The van der Waals surface area contributed by atoms with Crippen LogP contribution in [0.5, 0.6) is 5.75 Å². The second-order valence-electron chi connectivity index (χ2n) is 5.14. The largest absolute Gasteiger partial charge is 0.494 e. The summed E-state index contributed by atoms with van der Waals surface area (Å²) in [7, 11) is 1.29. The smallest absolute Gasteiger partial charge is 0.337 e. The monoisotopic (exact) mass is 425 g/mol. The van der Waals surface area contributed by atoms with Crippen molar-refractivity contribution in [2.45, 2.75) is 12.8 Å². The van der Waals surface area contributed by atoms with Crippen LogP contribution >= 0.6 is 27.5 Å². The molecule has 1 amide bonds. The molecule has 2 aromatic rings. The Balaban J connectivity index is 1.83. The molecule has 25 heavy (non-hydrogen) atoms. The van der Waals surface area contributed by atoms with Crippen molar-refractivity contribution >= 4 is 45.1 Å². The van der Waals surface area contributed by atoms with Gasteiger partial charge in [0.15, 0.2) is 0 Å². The van der Waals surface area contributed by atoms with Crippen LogP contribution in [0.2, 0.25) is 5.02 Å². The third kappa shape index (κ3) is 6.07. The minimum absolute atomic E-state index is 0.207. The Morgan fingerprint density at radius 1 is 1.20 bits per heavy atom. The summed E-state index contributed by atoms with van der Waals surface area (Å²) >= 11 is 9.42. The fourth-order valence-electron chi connectivity index (χ4n) is 2.06. The highest BCUT2D eigenvalue weighted by Crippen LogP contribution is 2.24. The van der Waals surface area contributed by atoms with Crippen molar-refractivity contribution in [3.63, 3.8) is 0 Å². The molecule has 5 nitrogen and oxygen atoms in total. The van der Waals surface area contributed by atoms with E-state index in [1.165, 1.54) is 19.2 Å². The molecule has 0 aliphatic heterocycles. The number of halogens is 2. The average Bonchev–Trinajstić information content (AvgIpc) is 2.60. The van der Waals surface area contributed by atoms with Crippen LogP contribution in [0.1, 0.15) is 23.2 Å². The number of anilines is 1. The first-order chi connectivity index (χ1) is 12.0. The van der Waals surface area contributed by atoms with Crippen LogP contribution in [-0.2, 0) is 9.53 Å². The van der Waals surface area contributed by atoms with E-state index < -0.39 is 5.97 Å². The Morgan fingerprint density at radius 3 is 2.72 bits per heavy atom. The number of rotatable bonds is 7. The van der Waals surface area contributed by atoms with E-state index in [1.54, 1.807) is 6.07 Å². The molecule has 0 aliphatic carbocycles. The number of carbonyl (C=O) groups excluding carboxylic acids is 2. The first-order valence-corrected chi connectivity index (χ1v) is 8.73. The van der Waals surface area contributed by atoms with Crippen LogP contribution in [0.3, 0.4) is 0 Å². The third-order valence-corrected chi connectivity index (χ3v) is 4.10. The van der Waals surface area contributed by atoms with Gasteiger partial charge < -0.3 is 14.8 Å². The van der Waals surface area contributed by atoms with Gasteiger partial charge in [-0.05, 0) is 42.8 Å². The number of ether oxygens (including phenoxy) is 2. The van der Waals surface area contributed by atoms with Crippen LogP contribution in [0.4, 0.5) is 5.69 Å². The van der Waals surface area contributed by atoms with Crippen molar-refractivity contribution in [1.82, 2.24) is 0 Å². The Kier molecular flexibility index (Phi) is 7.28. The second-order valence-corrected chi connectivity index (χ2v) is 6.47. The summed E-state index contributed by atoms with van der Waals surface area (Å²) in [6, 6.07) is 12.1. The molecule has 132 valence electrons. The van der Waals surface area contributed by atoms with E-state index in [0.717, 1.165) is 10.2 Å². The molecule has 7 heteroatoms. The van der Waals surface area contributed by atoms with Crippen molar-refractivity contribution in [3.05, 3.63) is 57.5 Å². The second kappa shape index (κ2) is 9.44. The number of methoxy groups -OCH3 is 1. The van der Waals surface area contributed by atoms with E-state index in [2.05, 4.69) is 26.0 Å². The molecule has 2 aromatic carbocycles. The molecule has 0 saturated heterocycles. The van der Waals surface area contributed by atoms with Crippen molar-refractivity contribution < 1.29 is 19.1 Å². The van der Waals surface area contributed by atoms with Gasteiger partial charge in [-0.15, -0.1) is 0 Å². The number of benzene rings is 2. The molecule has 0 spiro atoms. The lowest BCUT2D eigenvalue weighted by Gasteiger charge is -2.09. The molecule has 0 aromatic heterocycles. The molecule has 1 N–H and O–H groups in total. The van der Waals surface area contributed by atoms with Gasteiger partial charge in [-0.2, -0.15) is 0 Å². The summed E-state index contributed by atoms with van der Waals surface area (Å²) in [4.78, 5) is 23.6. The zero-order valence-corrected chi connectivity index (χ0v) is 15.9. The van der Waals surface area contributed by atoms with E-state index in [9.17, 15) is 9.59 Å². The van der Waals surface area contributed by atoms with Crippen LogP contribution in [0.25, 0.3) is 0 Å². The van der Waals surface area contributed by atoms with Gasteiger partial charge in [0.1, 0.15) is 5.75 Å². The molecule has 2 rings (SSSR count). The number of hydrogen-bond acceptors (Lipinski definition) is 4. The standard InChI is InChI=1S/C18H17BrClNO4/c1-24-18(23)12-7-8-15(20)16(10-12)21-17(22)6-3-9-25-14-5-2-4-13(19)11-14/h2,4-5,7-8,10-11H,3,6,9H2,1H3,(H,21,22). The minimum Gasteiger partial charge on any atom is -0.494 e. The topological polar surface area (TPSA) is 64.6 Å². The maximum Gasteiger partial charge on any atom is 0.337 e. The zero-order valence-electron chi connectivity index (χ0n) is 13.6. The summed E-state index contributed by atoms with van der Waals surface area (Å²) in [5.74, 6) is 0.0416. The molecule has 0 radical (unpaired) electrons. The number of hydrogen-bond donors (Lipinski definition) is 1. The van der Waals surface area contributed by atoms with Crippen LogP contribution in [0.15, 0.2) is 46.9 Å². The van der Waals surface area contributed by atoms with Crippen LogP contribution in [-0.4, -0.2) is 25.6 Å². The van der Waals surface area contributed by atoms with Crippen LogP contribution in [0, 0.1) is 0 Å². The van der Waals surface area contributed by atoms with Gasteiger partial charge in [-0.1, -0.05) is 33.6 Å². The Hall–Kier alpha value is -2.05. The first-order valence-electron chi connectivity index (χ1n) is 7.55. The van der Waals surface area contributed by atoms with Gasteiger partial charge in [0.05, 0.1) is 30.0 Å². The first kappa shape index (κ1) is 19.3. The predicted molar refractivity (Wildman–Crippen MR) is 100 cm³/mol. The molecule has 0 unspecified atom stereocenters. The number of esters is 1. The molecule has 0 heterocycles. The number of amides is 1. The van der Waals surface area contributed by atoms with E-state index in [0.29, 0.717) is 29.3 Å². The fourth-order valence-corrected chi connectivity index (χ4v) is 2.60. The summed E-state index contributed by atoms with van der Waals surface area (Å²) in [5, 5.41) is 3.05. The highest BCUT2D eigenvalue weighted by Gasteiger charge is 2.11. The predicted octanol–water partition coefficient (Wildman–Crippen LogP) is 4.69. The Morgan fingerprint density at radius 2 is 2.00 bits per heavy atom. The summed E-state index contributed by atoms with van der Waals surface area (Å²) in [6.45, 7) is 0.416. The van der Waals surface area contributed by atoms with Gasteiger partial charge in [0.25, 0.3) is 0 Å². The van der Waals surface area contributed by atoms with Crippen molar-refractivity contribution in [3.8, 4) is 5.75 Å². The quantitative estimate of drug-likeness (QED) is 0.515. The minimum atomic E-state index is -0.491. The lowest BCUT2D eigenvalue weighted by molar-refractivity contribution is -0.116. The van der Waals surface area contributed by atoms with Crippen molar-refractivity contribution in [2.75, 3.05) is 19.0 Å². The number of carbonyl (C=O) groups is 2. The van der Waals surface area contributed by atoms with E-state index >= 15 is 0 Å². The van der Waals surface area contributed by atoms with Gasteiger partial charge in [-0.25, -0.2) is 4.79 Å². The summed E-state index contributed by atoms with van der Waals surface area (Å²) < 4.78 is 11.2. The Bertz CT molecular complexity index is 766. The van der Waals surface area contributed by atoms with Crippen molar-refractivity contribution in [1.29, 1.82) is 0 Å². The lowest BCUT2D eigenvalue weighted by Crippen LogP contribution is -2.14. The number of nitrogens with one attached hydrogen (secondary N) is 1. The molecule has 0 fully saturated rings. The zero-order chi connectivity index (χ0) is 18.2. The highest BCUT2D eigenvalue weighted by molar-refractivity contribution is 9.10. The average molecular weight is 427 g/mol. The highest BCUT2D eigenvalue weighted by atomic mass is 79.9. The molecule has 0 atom stereocenters. The van der Waals surface area contributed by atoms with E-state index in [4.69, 9.17) is 16.3 Å². The normalized spacial score (nSPS) is 10.2. The van der Waals surface area contributed by atoms with Crippen LogP contribution < -0.4 is 10.1 Å². The maximum atomic E-state index is 12.0. The SMILES string of the molecule is COC(=O)c1ccc(Cl)c(NC(=O)CCCOc2cccc(Br)c2)c1. The molecule has 0 aliphatic rings. The maximum absolute atomic E-state index is 12.0. The van der Waals surface area contributed by atoms with Crippen molar-refractivity contribution in [2.24, 2.45) is 0 Å². The fraction of sp³-hybridized carbons (Fsp3) is 0.222. The summed E-state index contributed by atoms with van der Waals surface area (Å²) in [5.41, 5.74) is 0.697. The lowest BCUT2D eigenvalue weighted by atomic mass is 10.2. The van der Waals surface area contributed by atoms with Gasteiger partial charge >= 0.3 is 5.97 Å². The van der Waals surface area contributed by atoms with Gasteiger partial charge in [0.2, 0.25) is 5.91 Å². The molecular weight excluding hydrogens is 410 g/mol. The van der Waals surface area contributed by atoms with E-state index in [1.807, 2.05) is 24.3 Å². The van der Waals surface area contributed by atoms with E-state index in [-0.39, 0.29) is 12.3 Å².